The molecule has 0 amide bonds. The van der Waals surface area contributed by atoms with Gasteiger partial charge in [0, 0.05) is 10.7 Å². The van der Waals surface area contributed by atoms with E-state index in [2.05, 4.69) is 15.8 Å². The van der Waals surface area contributed by atoms with E-state index in [0.29, 0.717) is 15.8 Å². The van der Waals surface area contributed by atoms with Gasteiger partial charge in [-0.3, -0.25) is 5.43 Å². The van der Waals surface area contributed by atoms with Crippen LogP contribution in [0.25, 0.3) is 0 Å². The minimum Gasteiger partial charge on any atom is -0.331 e. The molecule has 0 atom stereocenters. The van der Waals surface area contributed by atoms with Crippen molar-refractivity contribution in [3.63, 3.8) is 0 Å². The zero-order valence-corrected chi connectivity index (χ0v) is 11.9. The maximum Gasteiger partial charge on any atom is 0.191 e. The molecule has 0 saturated carbocycles. The van der Waals surface area contributed by atoms with Crippen LogP contribution in [0.1, 0.15) is 5.56 Å². The third-order valence-electron chi connectivity index (χ3n) is 2.33. The number of thiocarbonyl (C=S) groups is 1. The summed E-state index contributed by atoms with van der Waals surface area (Å²) in [5.74, 6) is -0.298. The fourth-order valence-corrected chi connectivity index (χ4v) is 1.81. The Balaban J connectivity index is 1.87. The van der Waals surface area contributed by atoms with Gasteiger partial charge in [0.25, 0.3) is 0 Å². The van der Waals surface area contributed by atoms with Crippen molar-refractivity contribution in [1.29, 1.82) is 0 Å². The van der Waals surface area contributed by atoms with E-state index in [9.17, 15) is 4.39 Å². The van der Waals surface area contributed by atoms with E-state index in [-0.39, 0.29) is 5.82 Å². The molecule has 0 saturated heterocycles. The number of anilines is 1. The van der Waals surface area contributed by atoms with Crippen LogP contribution in [0.3, 0.4) is 0 Å². The number of rotatable bonds is 3. The highest BCUT2D eigenvalue weighted by Crippen LogP contribution is 2.09. The Morgan fingerprint density at radius 1 is 1.20 bits per heavy atom. The van der Waals surface area contributed by atoms with Gasteiger partial charge in [0.1, 0.15) is 5.82 Å². The monoisotopic (exact) mass is 307 g/mol. The van der Waals surface area contributed by atoms with Crippen LogP contribution in [-0.2, 0) is 0 Å². The molecule has 0 heterocycles. The maximum absolute atomic E-state index is 12.7. The summed E-state index contributed by atoms with van der Waals surface area (Å²) >= 11 is 10.9. The largest absolute Gasteiger partial charge is 0.331 e. The lowest BCUT2D eigenvalue weighted by molar-refractivity contribution is 0.628. The lowest BCUT2D eigenvalue weighted by Gasteiger charge is -2.06. The third kappa shape index (κ3) is 4.60. The summed E-state index contributed by atoms with van der Waals surface area (Å²) < 4.78 is 12.7. The zero-order chi connectivity index (χ0) is 14.4. The van der Waals surface area contributed by atoms with Crippen LogP contribution in [0.15, 0.2) is 53.6 Å². The van der Waals surface area contributed by atoms with Crippen molar-refractivity contribution in [3.8, 4) is 0 Å². The second-order valence-electron chi connectivity index (χ2n) is 3.89. The Kier molecular flexibility index (Phi) is 5.03. The van der Waals surface area contributed by atoms with Gasteiger partial charge in [0.05, 0.1) is 6.21 Å². The number of hydrogen-bond donors (Lipinski definition) is 2. The van der Waals surface area contributed by atoms with E-state index in [0.717, 1.165) is 5.56 Å². The van der Waals surface area contributed by atoms with Gasteiger partial charge in [-0.25, -0.2) is 4.39 Å². The quantitative estimate of drug-likeness (QED) is 0.514. The number of hydrogen-bond acceptors (Lipinski definition) is 2. The van der Waals surface area contributed by atoms with Crippen molar-refractivity contribution in [2.75, 3.05) is 5.32 Å². The molecule has 102 valence electrons. The number of nitrogens with zero attached hydrogens (tertiary/aromatic N) is 1. The van der Waals surface area contributed by atoms with Crippen molar-refractivity contribution in [1.82, 2.24) is 5.43 Å². The first-order valence-electron chi connectivity index (χ1n) is 5.75. The van der Waals surface area contributed by atoms with Gasteiger partial charge in [-0.15, -0.1) is 0 Å². The highest BCUT2D eigenvalue weighted by atomic mass is 35.5. The lowest BCUT2D eigenvalue weighted by atomic mass is 10.2. The Morgan fingerprint density at radius 2 is 1.95 bits per heavy atom. The molecule has 0 spiro atoms. The molecule has 0 fully saturated rings. The normalized spacial score (nSPS) is 10.5. The molecule has 0 bridgehead atoms. The molecule has 2 aromatic carbocycles. The molecule has 0 aromatic heterocycles. The Hall–Kier alpha value is -1.98. The van der Waals surface area contributed by atoms with E-state index >= 15 is 0 Å². The Morgan fingerprint density at radius 3 is 2.65 bits per heavy atom. The number of nitrogens with one attached hydrogen (secondary N) is 2. The van der Waals surface area contributed by atoms with Crippen molar-refractivity contribution in [2.45, 2.75) is 0 Å². The average Bonchev–Trinajstić information content (AvgIpc) is 2.41. The van der Waals surface area contributed by atoms with E-state index < -0.39 is 0 Å². The van der Waals surface area contributed by atoms with Crippen LogP contribution in [-0.4, -0.2) is 11.3 Å². The smallest absolute Gasteiger partial charge is 0.191 e. The molecular weight excluding hydrogens is 297 g/mol. The molecule has 3 nitrogen and oxygen atoms in total. The van der Waals surface area contributed by atoms with Gasteiger partial charge in [-0.05, 0) is 54.2 Å². The Bertz CT molecular complexity index is 629. The molecule has 0 aliphatic heterocycles. The predicted molar refractivity (Wildman–Crippen MR) is 84.8 cm³/mol. The van der Waals surface area contributed by atoms with Crippen LogP contribution in [0.5, 0.6) is 0 Å². The van der Waals surface area contributed by atoms with Crippen LogP contribution in [0.2, 0.25) is 5.02 Å². The molecular formula is C14H11ClFN3S. The lowest BCUT2D eigenvalue weighted by Crippen LogP contribution is -2.23. The van der Waals surface area contributed by atoms with Crippen molar-refractivity contribution >= 4 is 40.8 Å². The second-order valence-corrected chi connectivity index (χ2v) is 4.73. The summed E-state index contributed by atoms with van der Waals surface area (Å²) in [6, 6.07) is 13.1. The molecule has 2 rings (SSSR count). The number of benzene rings is 2. The molecule has 6 heteroatoms. The molecule has 0 aliphatic carbocycles. The topological polar surface area (TPSA) is 36.4 Å². The average molecular weight is 308 g/mol. The fraction of sp³-hybridized carbons (Fsp3) is 0. The summed E-state index contributed by atoms with van der Waals surface area (Å²) in [6.07, 6.45) is 1.60. The van der Waals surface area contributed by atoms with Crippen LogP contribution in [0.4, 0.5) is 10.1 Å². The first kappa shape index (κ1) is 14.4. The standard InChI is InChI=1S/C14H11ClFN3S/c15-11-3-1-2-10(8-11)9-17-19-14(20)18-13-6-4-12(16)5-7-13/h1-9H,(H2,18,19,20)/b17-9-. The van der Waals surface area contributed by atoms with Crippen molar-refractivity contribution < 1.29 is 4.39 Å². The fourth-order valence-electron chi connectivity index (χ4n) is 1.44. The van der Waals surface area contributed by atoms with Crippen LogP contribution in [0, 0.1) is 5.82 Å². The summed E-state index contributed by atoms with van der Waals surface area (Å²) in [4.78, 5) is 0. The van der Waals surface area contributed by atoms with Crippen LogP contribution < -0.4 is 10.7 Å². The highest BCUT2D eigenvalue weighted by molar-refractivity contribution is 7.80. The van der Waals surface area contributed by atoms with E-state index in [4.69, 9.17) is 23.8 Å². The molecule has 0 radical (unpaired) electrons. The van der Waals surface area contributed by atoms with Gasteiger partial charge >= 0.3 is 0 Å². The molecule has 0 aliphatic rings. The first-order valence-corrected chi connectivity index (χ1v) is 6.53. The van der Waals surface area contributed by atoms with Gasteiger partial charge < -0.3 is 5.32 Å². The minimum atomic E-state index is -0.298. The second kappa shape index (κ2) is 6.98. The summed E-state index contributed by atoms with van der Waals surface area (Å²) in [5.41, 5.74) is 4.21. The summed E-state index contributed by atoms with van der Waals surface area (Å²) in [6.45, 7) is 0. The Labute approximate surface area is 126 Å². The highest BCUT2D eigenvalue weighted by Gasteiger charge is 1.96. The van der Waals surface area contributed by atoms with E-state index in [1.54, 1.807) is 30.5 Å². The minimum absolute atomic E-state index is 0.298. The molecule has 2 aromatic rings. The van der Waals surface area contributed by atoms with Gasteiger partial charge in [0.2, 0.25) is 0 Å². The maximum atomic E-state index is 12.7. The summed E-state index contributed by atoms with van der Waals surface area (Å²) in [7, 11) is 0. The van der Waals surface area contributed by atoms with E-state index in [1.165, 1.54) is 12.1 Å². The number of halogens is 2. The third-order valence-corrected chi connectivity index (χ3v) is 2.76. The molecule has 0 unspecified atom stereocenters. The SMILES string of the molecule is Fc1ccc(NC(=S)N/N=C\c2cccc(Cl)c2)cc1. The van der Waals surface area contributed by atoms with Gasteiger partial charge in [-0.2, -0.15) is 5.10 Å². The summed E-state index contributed by atoms with van der Waals surface area (Å²) in [5, 5.41) is 7.82. The van der Waals surface area contributed by atoms with Crippen molar-refractivity contribution in [2.24, 2.45) is 5.10 Å². The molecule has 20 heavy (non-hydrogen) atoms. The zero-order valence-electron chi connectivity index (χ0n) is 10.3. The van der Waals surface area contributed by atoms with Crippen molar-refractivity contribution in [3.05, 3.63) is 64.9 Å². The van der Waals surface area contributed by atoms with E-state index in [1.807, 2.05) is 12.1 Å². The predicted octanol–water partition coefficient (Wildman–Crippen LogP) is 3.80. The van der Waals surface area contributed by atoms with Gasteiger partial charge in [-0.1, -0.05) is 23.7 Å². The number of hydrazone groups is 1. The van der Waals surface area contributed by atoms with Crippen LogP contribution >= 0.6 is 23.8 Å². The van der Waals surface area contributed by atoms with Gasteiger partial charge in [0.15, 0.2) is 5.11 Å². The molecule has 2 N–H and O–H groups in total. The first-order chi connectivity index (χ1) is 9.63.